The zero-order chi connectivity index (χ0) is 13.0. The van der Waals surface area contributed by atoms with E-state index in [9.17, 15) is 9.59 Å². The van der Waals surface area contributed by atoms with Crippen molar-refractivity contribution in [2.75, 3.05) is 0 Å². The lowest BCUT2D eigenvalue weighted by Gasteiger charge is -2.15. The third-order valence-electron chi connectivity index (χ3n) is 3.56. The molecule has 0 aromatic rings. The molecule has 2 rings (SSSR count). The average Bonchev–Trinajstić information content (AvgIpc) is 2.89. The molecule has 0 aliphatic heterocycles. The maximum Gasteiger partial charge on any atom is 0.308 e. The molecule has 0 saturated heterocycles. The molecule has 98 valence electrons. The van der Waals surface area contributed by atoms with Crippen molar-refractivity contribution in [3.05, 3.63) is 23.0 Å². The van der Waals surface area contributed by atoms with Crippen LogP contribution in [0.2, 0.25) is 0 Å². The molecule has 0 unspecified atom stereocenters. The van der Waals surface area contributed by atoms with E-state index in [0.29, 0.717) is 5.76 Å². The highest BCUT2D eigenvalue weighted by Crippen LogP contribution is 2.30. The molecule has 0 aromatic carbocycles. The molecule has 3 nitrogen and oxygen atoms in total. The smallest absolute Gasteiger partial charge is 0.308 e. The quantitative estimate of drug-likeness (QED) is 0.436. The summed E-state index contributed by atoms with van der Waals surface area (Å²) in [6.45, 7) is 1.36. The maximum atomic E-state index is 12.4. The van der Waals surface area contributed by atoms with E-state index in [1.165, 1.54) is 6.92 Å². The summed E-state index contributed by atoms with van der Waals surface area (Å²) in [5, 5.41) is 0. The van der Waals surface area contributed by atoms with E-state index in [4.69, 9.17) is 4.74 Å². The van der Waals surface area contributed by atoms with Crippen LogP contribution in [0.25, 0.3) is 0 Å². The zero-order valence-electron chi connectivity index (χ0n) is 11.0. The first-order valence-corrected chi connectivity index (χ1v) is 6.82. The van der Waals surface area contributed by atoms with E-state index in [1.54, 1.807) is 0 Å². The maximum absolute atomic E-state index is 12.4. The molecule has 0 radical (unpaired) electrons. The molecule has 0 N–H and O–H groups in total. The largest absolute Gasteiger partial charge is 0.423 e. The van der Waals surface area contributed by atoms with Gasteiger partial charge in [-0.25, -0.2) is 0 Å². The number of hydrogen-bond donors (Lipinski definition) is 0. The van der Waals surface area contributed by atoms with Crippen molar-refractivity contribution in [1.29, 1.82) is 0 Å². The number of rotatable bonds is 3. The van der Waals surface area contributed by atoms with Crippen LogP contribution in [0, 0.1) is 0 Å². The van der Waals surface area contributed by atoms with Gasteiger partial charge in [0.05, 0.1) is 0 Å². The number of hydrogen-bond acceptors (Lipinski definition) is 3. The van der Waals surface area contributed by atoms with Gasteiger partial charge < -0.3 is 4.74 Å². The molecule has 18 heavy (non-hydrogen) atoms. The van der Waals surface area contributed by atoms with Gasteiger partial charge in [-0.05, 0) is 62.5 Å². The number of ether oxygens (including phenoxy) is 1. The highest BCUT2D eigenvalue weighted by Gasteiger charge is 2.24. The van der Waals surface area contributed by atoms with Crippen LogP contribution in [0.3, 0.4) is 0 Å². The molecular weight excluding hydrogens is 228 g/mol. The molecule has 0 aromatic heterocycles. The van der Waals surface area contributed by atoms with Crippen molar-refractivity contribution in [2.45, 2.75) is 58.3 Å². The van der Waals surface area contributed by atoms with Gasteiger partial charge >= 0.3 is 5.97 Å². The van der Waals surface area contributed by atoms with E-state index in [1.807, 2.05) is 6.08 Å². The molecule has 3 heteroatoms. The molecule has 0 atom stereocenters. The Bertz CT molecular complexity index is 407. The van der Waals surface area contributed by atoms with Crippen LogP contribution in [-0.4, -0.2) is 11.8 Å². The van der Waals surface area contributed by atoms with E-state index < -0.39 is 5.97 Å². The van der Waals surface area contributed by atoms with Crippen LogP contribution in [-0.2, 0) is 14.3 Å². The van der Waals surface area contributed by atoms with Crippen molar-refractivity contribution < 1.29 is 14.3 Å². The number of carbonyl (C=O) groups excluding carboxylic acids is 2. The Labute approximate surface area is 108 Å². The Balaban J connectivity index is 2.23. The summed E-state index contributed by atoms with van der Waals surface area (Å²) in [6.07, 6.45) is 9.95. The Hall–Kier alpha value is -1.38. The van der Waals surface area contributed by atoms with Gasteiger partial charge in [0.15, 0.2) is 5.76 Å². The topological polar surface area (TPSA) is 43.4 Å². The number of ketones is 1. The highest BCUT2D eigenvalue weighted by atomic mass is 16.5. The van der Waals surface area contributed by atoms with Crippen molar-refractivity contribution in [1.82, 2.24) is 0 Å². The summed E-state index contributed by atoms with van der Waals surface area (Å²) in [5.41, 5.74) is 1.86. The molecule has 0 amide bonds. The summed E-state index contributed by atoms with van der Waals surface area (Å²) in [7, 11) is 0. The molecule has 0 bridgehead atoms. The molecule has 1 saturated carbocycles. The minimum absolute atomic E-state index is 0.0539. The first-order valence-electron chi connectivity index (χ1n) is 6.82. The highest BCUT2D eigenvalue weighted by molar-refractivity contribution is 6.08. The first-order chi connectivity index (χ1) is 8.68. The van der Waals surface area contributed by atoms with Crippen molar-refractivity contribution in [2.24, 2.45) is 0 Å². The van der Waals surface area contributed by atoms with Crippen LogP contribution in [0.15, 0.2) is 23.0 Å². The van der Waals surface area contributed by atoms with Gasteiger partial charge in [0.25, 0.3) is 0 Å². The Morgan fingerprint density at radius 1 is 1.06 bits per heavy atom. The van der Waals surface area contributed by atoms with E-state index >= 15 is 0 Å². The lowest BCUT2D eigenvalue weighted by molar-refractivity contribution is -0.139. The van der Waals surface area contributed by atoms with Gasteiger partial charge in [0.1, 0.15) is 0 Å². The summed E-state index contributed by atoms with van der Waals surface area (Å²) in [4.78, 5) is 23.6. The average molecular weight is 248 g/mol. The van der Waals surface area contributed by atoms with Crippen LogP contribution >= 0.6 is 0 Å². The third-order valence-corrected chi connectivity index (χ3v) is 3.56. The molecular formula is C15H20O3. The fourth-order valence-corrected chi connectivity index (χ4v) is 2.64. The van der Waals surface area contributed by atoms with Gasteiger partial charge in [0.2, 0.25) is 5.78 Å². The number of esters is 1. The van der Waals surface area contributed by atoms with Gasteiger partial charge in [-0.3, -0.25) is 9.59 Å². The summed E-state index contributed by atoms with van der Waals surface area (Å²) in [6, 6.07) is 0. The molecule has 1 fully saturated rings. The van der Waals surface area contributed by atoms with Crippen molar-refractivity contribution in [3.63, 3.8) is 0 Å². The normalized spacial score (nSPS) is 19.4. The second-order valence-electron chi connectivity index (χ2n) is 5.04. The van der Waals surface area contributed by atoms with E-state index in [-0.39, 0.29) is 5.78 Å². The van der Waals surface area contributed by atoms with Gasteiger partial charge in [-0.15, -0.1) is 0 Å². The fourth-order valence-electron chi connectivity index (χ4n) is 2.64. The second kappa shape index (κ2) is 5.98. The predicted octanol–water partition coefficient (Wildman–Crippen LogP) is 3.45. The Morgan fingerprint density at radius 2 is 1.72 bits per heavy atom. The van der Waals surface area contributed by atoms with Crippen LogP contribution in [0.5, 0.6) is 0 Å². The third kappa shape index (κ3) is 3.09. The summed E-state index contributed by atoms with van der Waals surface area (Å²) in [5.74, 6) is -0.121. The predicted molar refractivity (Wildman–Crippen MR) is 68.8 cm³/mol. The van der Waals surface area contributed by atoms with Crippen LogP contribution < -0.4 is 0 Å². The second-order valence-corrected chi connectivity index (χ2v) is 5.04. The number of carbonyl (C=O) groups is 2. The monoisotopic (exact) mass is 248 g/mol. The summed E-state index contributed by atoms with van der Waals surface area (Å²) < 4.78 is 5.20. The van der Waals surface area contributed by atoms with Crippen LogP contribution in [0.4, 0.5) is 0 Å². The SMILES string of the molecule is CC(=O)OC(C(=O)C1=CCCCC1)=C1CCCC1. The number of Topliss-reactive ketones (excluding diaryl/α,β-unsaturated/α-hetero) is 1. The minimum Gasteiger partial charge on any atom is -0.423 e. The number of allylic oxidation sites excluding steroid dienone is 3. The van der Waals surface area contributed by atoms with Crippen molar-refractivity contribution in [3.8, 4) is 0 Å². The Kier molecular flexibility index (Phi) is 4.34. The first kappa shape index (κ1) is 13.1. The van der Waals surface area contributed by atoms with Gasteiger partial charge in [0, 0.05) is 6.92 Å². The van der Waals surface area contributed by atoms with Crippen LogP contribution in [0.1, 0.15) is 58.3 Å². The molecule has 0 spiro atoms. The van der Waals surface area contributed by atoms with E-state index in [2.05, 4.69) is 0 Å². The lowest BCUT2D eigenvalue weighted by Crippen LogP contribution is -2.15. The minimum atomic E-state index is -0.394. The Morgan fingerprint density at radius 3 is 2.28 bits per heavy atom. The van der Waals surface area contributed by atoms with Gasteiger partial charge in [-0.1, -0.05) is 6.08 Å². The lowest BCUT2D eigenvalue weighted by atomic mass is 9.94. The molecule has 2 aliphatic carbocycles. The van der Waals surface area contributed by atoms with Crippen molar-refractivity contribution >= 4 is 11.8 Å². The fraction of sp³-hybridized carbons (Fsp3) is 0.600. The van der Waals surface area contributed by atoms with Gasteiger partial charge in [-0.2, -0.15) is 0 Å². The molecule has 2 aliphatic rings. The van der Waals surface area contributed by atoms with E-state index in [0.717, 1.165) is 62.5 Å². The standard InChI is InChI=1S/C15H20O3/c1-11(16)18-15(13-9-5-6-10-13)14(17)12-7-3-2-4-8-12/h7H,2-6,8-10H2,1H3. The zero-order valence-corrected chi connectivity index (χ0v) is 11.0. The molecule has 0 heterocycles. The summed E-state index contributed by atoms with van der Waals surface area (Å²) >= 11 is 0.